The van der Waals surface area contributed by atoms with E-state index in [1.807, 2.05) is 54.6 Å². The van der Waals surface area contributed by atoms with Crippen LogP contribution in [0.3, 0.4) is 0 Å². The van der Waals surface area contributed by atoms with Gasteiger partial charge in [0.2, 0.25) is 0 Å². The molecule has 1 N–H and O–H groups in total. The fraction of sp³-hybridized carbons (Fsp3) is 0.259. The fourth-order valence-electron chi connectivity index (χ4n) is 3.82. The quantitative estimate of drug-likeness (QED) is 0.277. The van der Waals surface area contributed by atoms with Crippen molar-refractivity contribution in [1.82, 2.24) is 14.9 Å². The van der Waals surface area contributed by atoms with E-state index >= 15 is 0 Å². The first-order chi connectivity index (χ1) is 16.1. The molecule has 1 heterocycles. The third kappa shape index (κ3) is 6.02. The second-order valence-electron chi connectivity index (χ2n) is 7.88. The van der Waals surface area contributed by atoms with Gasteiger partial charge in [-0.25, -0.2) is 4.98 Å². The summed E-state index contributed by atoms with van der Waals surface area (Å²) in [5.74, 6) is 1.83. The monoisotopic (exact) mass is 505 g/mol. The molecule has 0 aliphatic heterocycles. The highest BCUT2D eigenvalue weighted by atomic mass is 79.9. The SMILES string of the molecule is CCc1ccc(OCCn2c(CCCNC(=O)c3cccc(Br)c3)nc3ccccc32)cc1. The van der Waals surface area contributed by atoms with Crippen molar-refractivity contribution in [3.05, 3.63) is 94.2 Å². The lowest BCUT2D eigenvalue weighted by molar-refractivity contribution is 0.0953. The van der Waals surface area contributed by atoms with E-state index in [0.717, 1.165) is 52.9 Å². The van der Waals surface area contributed by atoms with Gasteiger partial charge in [0, 0.05) is 23.0 Å². The van der Waals surface area contributed by atoms with Crippen LogP contribution in [0.2, 0.25) is 0 Å². The zero-order chi connectivity index (χ0) is 23.0. The molecule has 3 aromatic carbocycles. The first kappa shape index (κ1) is 23.1. The number of carbonyl (C=O) groups excluding carboxylic acids is 1. The molecule has 33 heavy (non-hydrogen) atoms. The number of imidazole rings is 1. The molecule has 170 valence electrons. The largest absolute Gasteiger partial charge is 0.492 e. The lowest BCUT2D eigenvalue weighted by atomic mass is 10.2. The Bertz CT molecular complexity index is 1220. The predicted octanol–water partition coefficient (Wildman–Crippen LogP) is 5.80. The molecule has 4 aromatic rings. The molecular weight excluding hydrogens is 478 g/mol. The average molecular weight is 506 g/mol. The van der Waals surface area contributed by atoms with E-state index in [1.54, 1.807) is 0 Å². The van der Waals surface area contributed by atoms with E-state index in [4.69, 9.17) is 9.72 Å². The highest BCUT2D eigenvalue weighted by Crippen LogP contribution is 2.18. The van der Waals surface area contributed by atoms with E-state index in [1.165, 1.54) is 5.56 Å². The van der Waals surface area contributed by atoms with Crippen LogP contribution in [-0.4, -0.2) is 28.6 Å². The van der Waals surface area contributed by atoms with Crippen molar-refractivity contribution < 1.29 is 9.53 Å². The molecule has 0 atom stereocenters. The van der Waals surface area contributed by atoms with E-state index in [-0.39, 0.29) is 5.91 Å². The van der Waals surface area contributed by atoms with Crippen molar-refractivity contribution in [2.75, 3.05) is 13.2 Å². The van der Waals surface area contributed by atoms with Gasteiger partial charge in [0.15, 0.2) is 0 Å². The Morgan fingerprint density at radius 3 is 2.67 bits per heavy atom. The van der Waals surface area contributed by atoms with Crippen molar-refractivity contribution in [1.29, 1.82) is 0 Å². The van der Waals surface area contributed by atoms with Gasteiger partial charge in [0.1, 0.15) is 18.2 Å². The number of para-hydroxylation sites is 2. The van der Waals surface area contributed by atoms with Crippen molar-refractivity contribution in [2.45, 2.75) is 32.7 Å². The molecule has 0 aliphatic rings. The Hall–Kier alpha value is -3.12. The van der Waals surface area contributed by atoms with Gasteiger partial charge in [0.25, 0.3) is 5.91 Å². The van der Waals surface area contributed by atoms with Crippen molar-refractivity contribution in [2.24, 2.45) is 0 Å². The van der Waals surface area contributed by atoms with Gasteiger partial charge in [-0.1, -0.05) is 53.2 Å². The summed E-state index contributed by atoms with van der Waals surface area (Å²) in [5.41, 5.74) is 4.05. The van der Waals surface area contributed by atoms with Gasteiger partial charge in [-0.05, 0) is 60.9 Å². The van der Waals surface area contributed by atoms with Gasteiger partial charge in [-0.2, -0.15) is 0 Å². The maximum atomic E-state index is 12.4. The lowest BCUT2D eigenvalue weighted by Crippen LogP contribution is -2.25. The number of amides is 1. The molecule has 0 unspecified atom stereocenters. The van der Waals surface area contributed by atoms with Gasteiger partial charge in [-0.3, -0.25) is 4.79 Å². The Labute approximate surface area is 202 Å². The molecule has 0 saturated heterocycles. The minimum Gasteiger partial charge on any atom is -0.492 e. The van der Waals surface area contributed by atoms with Crippen LogP contribution < -0.4 is 10.1 Å². The normalized spacial score (nSPS) is 11.0. The number of hydrogen-bond acceptors (Lipinski definition) is 3. The summed E-state index contributed by atoms with van der Waals surface area (Å²) >= 11 is 3.41. The summed E-state index contributed by atoms with van der Waals surface area (Å²) in [6, 6.07) is 23.9. The van der Waals surface area contributed by atoms with E-state index in [9.17, 15) is 4.79 Å². The van der Waals surface area contributed by atoms with E-state index in [2.05, 4.69) is 50.9 Å². The summed E-state index contributed by atoms with van der Waals surface area (Å²) in [6.45, 7) is 4.02. The number of nitrogens with one attached hydrogen (secondary N) is 1. The summed E-state index contributed by atoms with van der Waals surface area (Å²) in [5, 5.41) is 3.00. The van der Waals surface area contributed by atoms with Gasteiger partial charge in [-0.15, -0.1) is 0 Å². The molecule has 0 radical (unpaired) electrons. The second kappa shape index (κ2) is 11.1. The number of aryl methyl sites for hydroxylation is 2. The zero-order valence-corrected chi connectivity index (χ0v) is 20.3. The second-order valence-corrected chi connectivity index (χ2v) is 8.80. The van der Waals surface area contributed by atoms with Crippen LogP contribution in [0.1, 0.15) is 35.1 Å². The topological polar surface area (TPSA) is 56.1 Å². The van der Waals surface area contributed by atoms with Gasteiger partial charge >= 0.3 is 0 Å². The highest BCUT2D eigenvalue weighted by Gasteiger charge is 2.11. The lowest BCUT2D eigenvalue weighted by Gasteiger charge is -2.11. The molecule has 5 nitrogen and oxygen atoms in total. The molecule has 0 fully saturated rings. The number of aromatic nitrogens is 2. The highest BCUT2D eigenvalue weighted by molar-refractivity contribution is 9.10. The number of nitrogens with zero attached hydrogens (tertiary/aromatic N) is 2. The number of hydrogen-bond donors (Lipinski definition) is 1. The standard InChI is InChI=1S/C27H28BrN3O2/c1-2-20-12-14-23(15-13-20)33-18-17-31-25-10-4-3-9-24(25)30-26(31)11-6-16-29-27(32)21-7-5-8-22(28)19-21/h3-5,7-10,12-15,19H,2,6,11,16-18H2,1H3,(H,29,32). The van der Waals surface area contributed by atoms with Crippen LogP contribution in [0.5, 0.6) is 5.75 Å². The Kier molecular flexibility index (Phi) is 7.79. The minimum atomic E-state index is -0.0627. The van der Waals surface area contributed by atoms with Crippen molar-refractivity contribution in [3.8, 4) is 5.75 Å². The summed E-state index contributed by atoms with van der Waals surface area (Å²) in [6.07, 6.45) is 2.61. The molecular formula is C27H28BrN3O2. The molecule has 6 heteroatoms. The molecule has 0 bridgehead atoms. The van der Waals surface area contributed by atoms with Crippen molar-refractivity contribution >= 4 is 32.9 Å². The smallest absolute Gasteiger partial charge is 0.251 e. The summed E-state index contributed by atoms with van der Waals surface area (Å²) in [4.78, 5) is 17.2. The summed E-state index contributed by atoms with van der Waals surface area (Å²) < 4.78 is 9.11. The predicted molar refractivity (Wildman–Crippen MR) is 136 cm³/mol. The Balaban J connectivity index is 1.35. The molecule has 0 spiro atoms. The number of benzene rings is 3. The Morgan fingerprint density at radius 1 is 1.06 bits per heavy atom. The van der Waals surface area contributed by atoms with Crippen LogP contribution in [-0.2, 0) is 19.4 Å². The molecule has 4 rings (SSSR count). The molecule has 0 saturated carbocycles. The molecule has 1 amide bonds. The Morgan fingerprint density at radius 2 is 1.88 bits per heavy atom. The number of ether oxygens (including phenoxy) is 1. The molecule has 0 aliphatic carbocycles. The first-order valence-electron chi connectivity index (χ1n) is 11.3. The third-order valence-electron chi connectivity index (χ3n) is 5.60. The zero-order valence-electron chi connectivity index (χ0n) is 18.8. The van der Waals surface area contributed by atoms with Crippen LogP contribution in [0.15, 0.2) is 77.3 Å². The van der Waals surface area contributed by atoms with Crippen molar-refractivity contribution in [3.63, 3.8) is 0 Å². The van der Waals surface area contributed by atoms with Gasteiger partial charge < -0.3 is 14.6 Å². The number of rotatable bonds is 10. The maximum absolute atomic E-state index is 12.4. The minimum absolute atomic E-state index is 0.0627. The number of fused-ring (bicyclic) bond motifs is 1. The average Bonchev–Trinajstić information content (AvgIpc) is 3.19. The fourth-order valence-corrected chi connectivity index (χ4v) is 4.22. The number of carbonyl (C=O) groups is 1. The van der Waals surface area contributed by atoms with E-state index in [0.29, 0.717) is 18.7 Å². The van der Waals surface area contributed by atoms with Crippen LogP contribution in [0.4, 0.5) is 0 Å². The third-order valence-corrected chi connectivity index (χ3v) is 6.09. The van der Waals surface area contributed by atoms with Crippen LogP contribution in [0, 0.1) is 0 Å². The number of halogens is 1. The van der Waals surface area contributed by atoms with Crippen LogP contribution >= 0.6 is 15.9 Å². The summed E-state index contributed by atoms with van der Waals surface area (Å²) in [7, 11) is 0. The molecule has 1 aromatic heterocycles. The van der Waals surface area contributed by atoms with E-state index < -0.39 is 0 Å². The first-order valence-corrected chi connectivity index (χ1v) is 12.1. The maximum Gasteiger partial charge on any atom is 0.251 e. The van der Waals surface area contributed by atoms with Gasteiger partial charge in [0.05, 0.1) is 17.6 Å². The van der Waals surface area contributed by atoms with Crippen LogP contribution in [0.25, 0.3) is 11.0 Å².